The third kappa shape index (κ3) is 3.68. The summed E-state index contributed by atoms with van der Waals surface area (Å²) in [5, 5.41) is 0. The number of rotatable bonds is 5. The maximum atomic E-state index is 12.9. The highest BCUT2D eigenvalue weighted by atomic mass is 32.2. The fraction of sp³-hybridized carbons (Fsp3) is 0.455. The first-order chi connectivity index (χ1) is 6.74. The summed E-state index contributed by atoms with van der Waals surface area (Å²) in [6.45, 7) is 2.74. The molecule has 0 saturated heterocycles. The van der Waals surface area contributed by atoms with Gasteiger partial charge in [-0.3, -0.25) is 0 Å². The van der Waals surface area contributed by atoms with E-state index in [1.165, 1.54) is 6.07 Å². The number of hydrogen-bond donors (Lipinski definition) is 1. The molecule has 2 N–H and O–H groups in total. The molecule has 1 nitrogen and oxygen atoms in total. The molecular weight excluding hydrogens is 197 g/mol. The van der Waals surface area contributed by atoms with E-state index in [1.807, 2.05) is 24.8 Å². The van der Waals surface area contributed by atoms with E-state index >= 15 is 0 Å². The van der Waals surface area contributed by atoms with Crippen LogP contribution in [0.5, 0.6) is 0 Å². The van der Waals surface area contributed by atoms with Gasteiger partial charge < -0.3 is 5.73 Å². The minimum absolute atomic E-state index is 0.148. The lowest BCUT2D eigenvalue weighted by Crippen LogP contribution is -1.99. The van der Waals surface area contributed by atoms with E-state index in [-0.39, 0.29) is 5.82 Å². The van der Waals surface area contributed by atoms with Crippen molar-refractivity contribution in [3.8, 4) is 0 Å². The normalized spacial score (nSPS) is 10.5. The van der Waals surface area contributed by atoms with Crippen LogP contribution in [0.2, 0.25) is 0 Å². The van der Waals surface area contributed by atoms with Gasteiger partial charge in [-0.1, -0.05) is 6.07 Å². The van der Waals surface area contributed by atoms with Crippen molar-refractivity contribution in [3.05, 3.63) is 35.1 Å². The molecule has 1 rings (SSSR count). The van der Waals surface area contributed by atoms with Gasteiger partial charge in [-0.25, -0.2) is 4.39 Å². The molecule has 0 saturated carbocycles. The first-order valence-corrected chi connectivity index (χ1v) is 5.92. The Kier molecular flexibility index (Phi) is 4.98. The molecule has 78 valence electrons. The first-order valence-electron chi connectivity index (χ1n) is 4.77. The SMILES string of the molecule is Cc1ccc(F)cc1CSCCCN. The van der Waals surface area contributed by atoms with Crippen molar-refractivity contribution in [3.63, 3.8) is 0 Å². The van der Waals surface area contributed by atoms with Gasteiger partial charge in [0.1, 0.15) is 5.82 Å². The molecule has 0 heterocycles. The summed E-state index contributed by atoms with van der Waals surface area (Å²) in [7, 11) is 0. The molecule has 1 aromatic rings. The van der Waals surface area contributed by atoms with Gasteiger partial charge in [0.05, 0.1) is 0 Å². The van der Waals surface area contributed by atoms with E-state index in [0.717, 1.165) is 35.6 Å². The zero-order valence-electron chi connectivity index (χ0n) is 8.42. The summed E-state index contributed by atoms with van der Waals surface area (Å²) in [6, 6.07) is 4.95. The summed E-state index contributed by atoms with van der Waals surface area (Å²) >= 11 is 1.81. The highest BCUT2D eigenvalue weighted by Crippen LogP contribution is 2.17. The van der Waals surface area contributed by atoms with E-state index in [2.05, 4.69) is 0 Å². The van der Waals surface area contributed by atoms with Crippen molar-refractivity contribution in [1.82, 2.24) is 0 Å². The van der Waals surface area contributed by atoms with E-state index in [4.69, 9.17) is 5.73 Å². The Hall–Kier alpha value is -0.540. The predicted molar refractivity (Wildman–Crippen MR) is 61.0 cm³/mol. The second-order valence-electron chi connectivity index (χ2n) is 3.27. The van der Waals surface area contributed by atoms with Crippen LogP contribution in [0, 0.1) is 12.7 Å². The Bertz CT molecular complexity index is 289. The Morgan fingerprint density at radius 1 is 1.43 bits per heavy atom. The molecule has 0 radical (unpaired) electrons. The van der Waals surface area contributed by atoms with Gasteiger partial charge >= 0.3 is 0 Å². The highest BCUT2D eigenvalue weighted by Gasteiger charge is 2.00. The van der Waals surface area contributed by atoms with Gasteiger partial charge in [-0.05, 0) is 48.9 Å². The molecule has 0 fully saturated rings. The van der Waals surface area contributed by atoms with Crippen molar-refractivity contribution in [2.24, 2.45) is 5.73 Å². The molecule has 14 heavy (non-hydrogen) atoms. The number of hydrogen-bond acceptors (Lipinski definition) is 2. The summed E-state index contributed by atoms with van der Waals surface area (Å²) in [5.41, 5.74) is 7.64. The molecule has 0 amide bonds. The largest absolute Gasteiger partial charge is 0.330 e. The van der Waals surface area contributed by atoms with Crippen LogP contribution >= 0.6 is 11.8 Å². The van der Waals surface area contributed by atoms with Crippen LogP contribution in [0.25, 0.3) is 0 Å². The van der Waals surface area contributed by atoms with E-state index in [9.17, 15) is 4.39 Å². The second-order valence-corrected chi connectivity index (χ2v) is 4.37. The van der Waals surface area contributed by atoms with E-state index in [0.29, 0.717) is 0 Å². The van der Waals surface area contributed by atoms with Gasteiger partial charge in [0.25, 0.3) is 0 Å². The van der Waals surface area contributed by atoms with Crippen molar-refractivity contribution >= 4 is 11.8 Å². The van der Waals surface area contributed by atoms with Crippen LogP contribution in [-0.2, 0) is 5.75 Å². The van der Waals surface area contributed by atoms with E-state index in [1.54, 1.807) is 6.07 Å². The average Bonchev–Trinajstić information content (AvgIpc) is 2.18. The third-order valence-electron chi connectivity index (χ3n) is 2.06. The Morgan fingerprint density at radius 2 is 2.21 bits per heavy atom. The van der Waals surface area contributed by atoms with E-state index < -0.39 is 0 Å². The second kappa shape index (κ2) is 6.04. The molecule has 0 spiro atoms. The van der Waals surface area contributed by atoms with Crippen molar-refractivity contribution in [2.45, 2.75) is 19.1 Å². The van der Waals surface area contributed by atoms with Crippen LogP contribution in [0.15, 0.2) is 18.2 Å². The van der Waals surface area contributed by atoms with Gasteiger partial charge in [0.15, 0.2) is 0 Å². The van der Waals surface area contributed by atoms with Crippen molar-refractivity contribution in [2.75, 3.05) is 12.3 Å². The van der Waals surface area contributed by atoms with Crippen LogP contribution in [0.1, 0.15) is 17.5 Å². The fourth-order valence-electron chi connectivity index (χ4n) is 1.16. The minimum Gasteiger partial charge on any atom is -0.330 e. The molecule has 3 heteroatoms. The summed E-state index contributed by atoms with van der Waals surface area (Å²) in [4.78, 5) is 0. The molecular formula is C11H16FNS. The van der Waals surface area contributed by atoms with Crippen LogP contribution in [0.4, 0.5) is 4.39 Å². The van der Waals surface area contributed by atoms with Crippen LogP contribution in [0.3, 0.4) is 0 Å². The molecule has 0 aromatic heterocycles. The van der Waals surface area contributed by atoms with Gasteiger partial charge in [0.2, 0.25) is 0 Å². The smallest absolute Gasteiger partial charge is 0.123 e. The Labute approximate surface area is 88.9 Å². The Morgan fingerprint density at radius 3 is 2.93 bits per heavy atom. The molecule has 0 bridgehead atoms. The molecule has 0 unspecified atom stereocenters. The standard InChI is InChI=1S/C11H16FNS/c1-9-3-4-11(12)7-10(9)8-14-6-2-5-13/h3-4,7H,2,5-6,8,13H2,1H3. The number of aryl methyl sites for hydroxylation is 1. The monoisotopic (exact) mass is 213 g/mol. The third-order valence-corrected chi connectivity index (χ3v) is 3.15. The molecule has 0 aliphatic heterocycles. The van der Waals surface area contributed by atoms with Crippen LogP contribution < -0.4 is 5.73 Å². The maximum absolute atomic E-state index is 12.9. The van der Waals surface area contributed by atoms with Gasteiger partial charge in [-0.15, -0.1) is 0 Å². The highest BCUT2D eigenvalue weighted by molar-refractivity contribution is 7.98. The zero-order valence-corrected chi connectivity index (χ0v) is 9.24. The number of benzene rings is 1. The quantitative estimate of drug-likeness (QED) is 0.761. The molecule has 1 aromatic carbocycles. The number of nitrogens with two attached hydrogens (primary N) is 1. The molecule has 0 aliphatic carbocycles. The zero-order chi connectivity index (χ0) is 10.4. The topological polar surface area (TPSA) is 26.0 Å². The molecule has 0 aliphatic rings. The summed E-state index contributed by atoms with van der Waals surface area (Å²) in [6.07, 6.45) is 1.03. The lowest BCUT2D eigenvalue weighted by molar-refractivity contribution is 0.626. The lowest BCUT2D eigenvalue weighted by Gasteiger charge is -2.05. The summed E-state index contributed by atoms with van der Waals surface area (Å²) in [5.74, 6) is 1.78. The first kappa shape index (κ1) is 11.5. The maximum Gasteiger partial charge on any atom is 0.123 e. The van der Waals surface area contributed by atoms with Crippen LogP contribution in [-0.4, -0.2) is 12.3 Å². The van der Waals surface area contributed by atoms with Gasteiger partial charge in [0, 0.05) is 5.75 Å². The summed E-state index contributed by atoms with van der Waals surface area (Å²) < 4.78 is 12.9. The Balaban J connectivity index is 2.45. The number of halogens is 1. The minimum atomic E-state index is -0.148. The van der Waals surface area contributed by atoms with Crippen molar-refractivity contribution < 1.29 is 4.39 Å². The lowest BCUT2D eigenvalue weighted by atomic mass is 10.1. The molecule has 0 atom stereocenters. The average molecular weight is 213 g/mol. The fourth-order valence-corrected chi connectivity index (χ4v) is 2.21. The predicted octanol–water partition coefficient (Wildman–Crippen LogP) is 2.72. The van der Waals surface area contributed by atoms with Crippen molar-refractivity contribution in [1.29, 1.82) is 0 Å². The number of thioether (sulfide) groups is 1. The van der Waals surface area contributed by atoms with Gasteiger partial charge in [-0.2, -0.15) is 11.8 Å².